The van der Waals surface area contributed by atoms with Gasteiger partial charge in [0.15, 0.2) is 0 Å². The molecule has 0 aliphatic carbocycles. The molecule has 1 heterocycles. The van der Waals surface area contributed by atoms with Gasteiger partial charge in [-0.1, -0.05) is 27.7 Å². The molecule has 2 N–H and O–H groups in total. The number of hydrogen-bond donors (Lipinski definition) is 1. The van der Waals surface area contributed by atoms with Crippen LogP contribution in [0.5, 0.6) is 0 Å². The molecule has 5 nitrogen and oxygen atoms in total. The van der Waals surface area contributed by atoms with Gasteiger partial charge in [-0.3, -0.25) is 0 Å². The highest BCUT2D eigenvalue weighted by molar-refractivity contribution is 7.89. The summed E-state index contributed by atoms with van der Waals surface area (Å²) in [5.74, 6) is 0.743. The summed E-state index contributed by atoms with van der Waals surface area (Å²) < 4.78 is 32.4. The maximum Gasteiger partial charge on any atom is 0.276 e. The third-order valence-corrected chi connectivity index (χ3v) is 5.09. The van der Waals surface area contributed by atoms with Crippen LogP contribution in [0, 0.1) is 5.92 Å². The zero-order valence-corrected chi connectivity index (χ0v) is 13.6. The molecule has 0 amide bonds. The summed E-state index contributed by atoms with van der Waals surface area (Å²) in [5, 5.41) is -0.00880. The molecule has 20 heavy (non-hydrogen) atoms. The van der Waals surface area contributed by atoms with Crippen LogP contribution in [0.15, 0.2) is 21.6 Å². The molecular weight excluding hydrogens is 276 g/mol. The minimum atomic E-state index is -3.60. The van der Waals surface area contributed by atoms with Crippen LogP contribution >= 0.6 is 0 Å². The highest BCUT2D eigenvalue weighted by Crippen LogP contribution is 2.24. The molecule has 0 aliphatic heterocycles. The predicted octanol–water partition coefficient (Wildman–Crippen LogP) is 2.57. The number of nitrogens with zero attached hydrogens (tertiary/aromatic N) is 1. The van der Waals surface area contributed by atoms with E-state index in [0.29, 0.717) is 12.3 Å². The zero-order chi connectivity index (χ0) is 15.3. The van der Waals surface area contributed by atoms with Crippen molar-refractivity contribution in [2.45, 2.75) is 58.2 Å². The molecule has 0 aliphatic rings. The Kier molecular flexibility index (Phi) is 6.23. The standard InChI is InChI=1S/C14H26N2O3S/c1-5-12(6-2)16(10-11(3)4)20(17,18)14-8-7-13(9-15)19-14/h7-8,11-12H,5-6,9-10,15H2,1-4H3. The molecule has 0 atom stereocenters. The summed E-state index contributed by atoms with van der Waals surface area (Å²) in [6, 6.07) is 3.11. The number of hydrogen-bond acceptors (Lipinski definition) is 4. The van der Waals surface area contributed by atoms with E-state index in [1.54, 1.807) is 10.4 Å². The van der Waals surface area contributed by atoms with Crippen molar-refractivity contribution >= 4 is 10.0 Å². The van der Waals surface area contributed by atoms with Crippen LogP contribution < -0.4 is 5.73 Å². The van der Waals surface area contributed by atoms with Crippen molar-refractivity contribution in [1.82, 2.24) is 4.31 Å². The Hall–Kier alpha value is -0.850. The summed E-state index contributed by atoms with van der Waals surface area (Å²) in [5.41, 5.74) is 5.47. The molecule has 0 unspecified atom stereocenters. The van der Waals surface area contributed by atoms with E-state index in [9.17, 15) is 8.42 Å². The fraction of sp³-hybridized carbons (Fsp3) is 0.714. The lowest BCUT2D eigenvalue weighted by molar-refractivity contribution is 0.268. The molecule has 0 aromatic carbocycles. The Morgan fingerprint density at radius 1 is 1.25 bits per heavy atom. The largest absolute Gasteiger partial charge is 0.447 e. The second-order valence-corrected chi connectivity index (χ2v) is 7.19. The molecule has 0 saturated carbocycles. The molecule has 116 valence electrons. The number of sulfonamides is 1. The lowest BCUT2D eigenvalue weighted by Crippen LogP contribution is -2.41. The van der Waals surface area contributed by atoms with Crippen molar-refractivity contribution in [2.75, 3.05) is 6.54 Å². The molecule has 0 radical (unpaired) electrons. The van der Waals surface area contributed by atoms with Gasteiger partial charge in [0.05, 0.1) is 6.54 Å². The van der Waals surface area contributed by atoms with Crippen LogP contribution in [0.4, 0.5) is 0 Å². The van der Waals surface area contributed by atoms with Gasteiger partial charge in [-0.05, 0) is 30.9 Å². The molecule has 6 heteroatoms. The normalized spacial score (nSPS) is 12.8. The summed E-state index contributed by atoms with van der Waals surface area (Å²) in [4.78, 5) is 0. The van der Waals surface area contributed by atoms with Crippen molar-refractivity contribution < 1.29 is 12.8 Å². The van der Waals surface area contributed by atoms with E-state index in [0.717, 1.165) is 12.8 Å². The number of nitrogens with two attached hydrogens (primary N) is 1. The summed E-state index contributed by atoms with van der Waals surface area (Å²) >= 11 is 0. The van der Waals surface area contributed by atoms with Crippen LogP contribution in [0.1, 0.15) is 46.3 Å². The zero-order valence-electron chi connectivity index (χ0n) is 12.8. The first-order valence-electron chi connectivity index (χ1n) is 7.17. The maximum atomic E-state index is 12.7. The topological polar surface area (TPSA) is 76.5 Å². The van der Waals surface area contributed by atoms with E-state index >= 15 is 0 Å². The SMILES string of the molecule is CCC(CC)N(CC(C)C)S(=O)(=O)c1ccc(CN)o1. The fourth-order valence-corrected chi connectivity index (χ4v) is 4.09. The average Bonchev–Trinajstić information content (AvgIpc) is 2.88. The first kappa shape index (κ1) is 17.2. The first-order valence-corrected chi connectivity index (χ1v) is 8.61. The van der Waals surface area contributed by atoms with Gasteiger partial charge >= 0.3 is 0 Å². The quantitative estimate of drug-likeness (QED) is 0.800. The molecule has 1 aromatic heterocycles. The molecule has 0 bridgehead atoms. The van der Waals surface area contributed by atoms with Gasteiger partial charge in [0, 0.05) is 12.6 Å². The third kappa shape index (κ3) is 3.84. The Balaban J connectivity index is 3.15. The van der Waals surface area contributed by atoms with E-state index in [4.69, 9.17) is 10.2 Å². The van der Waals surface area contributed by atoms with Gasteiger partial charge in [-0.15, -0.1) is 0 Å². The fourth-order valence-electron chi connectivity index (χ4n) is 2.22. The Labute approximate surface area is 122 Å². The van der Waals surface area contributed by atoms with Gasteiger partial charge in [-0.25, -0.2) is 8.42 Å². The Bertz CT molecular complexity index is 504. The maximum absolute atomic E-state index is 12.7. The molecular formula is C14H26N2O3S. The van der Waals surface area contributed by atoms with Crippen molar-refractivity contribution in [1.29, 1.82) is 0 Å². The third-order valence-electron chi connectivity index (χ3n) is 3.30. The number of rotatable bonds is 8. The van der Waals surface area contributed by atoms with Gasteiger partial charge in [-0.2, -0.15) is 4.31 Å². The predicted molar refractivity (Wildman–Crippen MR) is 79.7 cm³/mol. The number of furan rings is 1. The van der Waals surface area contributed by atoms with Crippen LogP contribution in [0.25, 0.3) is 0 Å². The van der Waals surface area contributed by atoms with Crippen LogP contribution in [0.2, 0.25) is 0 Å². The Morgan fingerprint density at radius 3 is 2.25 bits per heavy atom. The molecule has 0 spiro atoms. The minimum absolute atomic E-state index is 0.00572. The van der Waals surface area contributed by atoms with Gasteiger partial charge in [0.1, 0.15) is 5.76 Å². The van der Waals surface area contributed by atoms with Crippen molar-refractivity contribution in [3.63, 3.8) is 0 Å². The smallest absolute Gasteiger partial charge is 0.276 e. The van der Waals surface area contributed by atoms with Crippen molar-refractivity contribution in [3.8, 4) is 0 Å². The van der Waals surface area contributed by atoms with E-state index in [2.05, 4.69) is 0 Å². The van der Waals surface area contributed by atoms with E-state index in [1.807, 2.05) is 27.7 Å². The van der Waals surface area contributed by atoms with Crippen LogP contribution in [-0.2, 0) is 16.6 Å². The van der Waals surface area contributed by atoms with Gasteiger partial charge in [0.2, 0.25) is 5.09 Å². The summed E-state index contributed by atoms with van der Waals surface area (Å²) in [6.45, 7) is 8.73. The Morgan fingerprint density at radius 2 is 1.85 bits per heavy atom. The van der Waals surface area contributed by atoms with Crippen LogP contribution in [-0.4, -0.2) is 25.3 Å². The molecule has 1 aromatic rings. The van der Waals surface area contributed by atoms with Crippen molar-refractivity contribution in [2.24, 2.45) is 11.7 Å². The molecule has 0 saturated heterocycles. The molecule has 1 rings (SSSR count). The molecule has 0 fully saturated rings. The van der Waals surface area contributed by atoms with Gasteiger partial charge < -0.3 is 10.2 Å². The summed E-state index contributed by atoms with van der Waals surface area (Å²) in [6.07, 6.45) is 1.57. The van der Waals surface area contributed by atoms with Crippen molar-refractivity contribution in [3.05, 3.63) is 17.9 Å². The van der Waals surface area contributed by atoms with Crippen LogP contribution in [0.3, 0.4) is 0 Å². The monoisotopic (exact) mass is 302 g/mol. The second kappa shape index (κ2) is 7.24. The highest BCUT2D eigenvalue weighted by atomic mass is 32.2. The van der Waals surface area contributed by atoms with E-state index in [-0.39, 0.29) is 23.6 Å². The summed E-state index contributed by atoms with van der Waals surface area (Å²) in [7, 11) is -3.60. The lowest BCUT2D eigenvalue weighted by atomic mass is 10.1. The second-order valence-electron chi connectivity index (χ2n) is 5.36. The van der Waals surface area contributed by atoms with E-state index < -0.39 is 10.0 Å². The van der Waals surface area contributed by atoms with E-state index in [1.165, 1.54) is 6.07 Å². The lowest BCUT2D eigenvalue weighted by Gasteiger charge is -2.30. The average molecular weight is 302 g/mol. The first-order chi connectivity index (χ1) is 9.36. The highest BCUT2D eigenvalue weighted by Gasteiger charge is 2.32. The van der Waals surface area contributed by atoms with Gasteiger partial charge in [0.25, 0.3) is 10.0 Å². The minimum Gasteiger partial charge on any atom is -0.447 e.